The summed E-state index contributed by atoms with van der Waals surface area (Å²) in [5, 5.41) is 33.7. The van der Waals surface area contributed by atoms with Crippen LogP contribution in [-0.4, -0.2) is 21.4 Å². The Morgan fingerprint density at radius 2 is 1.96 bits per heavy atom. The minimum absolute atomic E-state index is 0.183. The molecule has 0 aliphatic rings. The highest BCUT2D eigenvalue weighted by molar-refractivity contribution is 6.32. The lowest BCUT2D eigenvalue weighted by atomic mass is 10.1. The van der Waals surface area contributed by atoms with Gasteiger partial charge >= 0.3 is 0 Å². The molecule has 9 heteroatoms. The number of hydrogen-bond donors (Lipinski definition) is 2. The first-order chi connectivity index (χ1) is 13.4. The molecule has 3 rings (SSSR count). The molecule has 0 radical (unpaired) electrons. The first-order valence-corrected chi connectivity index (χ1v) is 8.73. The summed E-state index contributed by atoms with van der Waals surface area (Å²) in [6.07, 6.45) is -0.858. The van der Waals surface area contributed by atoms with E-state index in [-0.39, 0.29) is 11.8 Å². The molecule has 0 bridgehead atoms. The van der Waals surface area contributed by atoms with Crippen molar-refractivity contribution in [1.82, 2.24) is 10.2 Å². The predicted octanol–water partition coefficient (Wildman–Crippen LogP) is 4.50. The largest absolute Gasteiger partial charge is 0.418 e. The Bertz CT molecular complexity index is 1040. The van der Waals surface area contributed by atoms with Crippen LogP contribution in [0.15, 0.2) is 46.0 Å². The predicted molar refractivity (Wildman–Crippen MR) is 104 cm³/mol. The van der Waals surface area contributed by atoms with Crippen molar-refractivity contribution < 1.29 is 9.52 Å². The van der Waals surface area contributed by atoms with Gasteiger partial charge in [-0.2, -0.15) is 5.26 Å². The summed E-state index contributed by atoms with van der Waals surface area (Å²) in [4.78, 5) is 10.5. The number of aliphatic hydroxyl groups is 1. The van der Waals surface area contributed by atoms with Gasteiger partial charge in [0.05, 0.1) is 16.7 Å². The molecule has 8 nitrogen and oxygen atoms in total. The van der Waals surface area contributed by atoms with Gasteiger partial charge in [-0.25, -0.2) is 0 Å². The SMILES string of the molecule is Cc1c(N[C@@H](c2nnc(-c3ccc(N=O)cc3)o2)[C@H](C)O)ccc(C#N)c1Cl. The lowest BCUT2D eigenvalue weighted by molar-refractivity contribution is 0.159. The van der Waals surface area contributed by atoms with Gasteiger partial charge in [-0.15, -0.1) is 15.1 Å². The summed E-state index contributed by atoms with van der Waals surface area (Å²) in [6.45, 7) is 3.36. The molecule has 2 N–H and O–H groups in total. The van der Waals surface area contributed by atoms with Crippen molar-refractivity contribution >= 4 is 23.0 Å². The molecular weight excluding hydrogens is 382 g/mol. The van der Waals surface area contributed by atoms with E-state index in [1.165, 1.54) is 0 Å². The molecule has 0 amide bonds. The average Bonchev–Trinajstić information content (AvgIpc) is 3.18. The number of aliphatic hydroxyl groups excluding tert-OH is 1. The van der Waals surface area contributed by atoms with Gasteiger partial charge in [-0.05, 0) is 61.0 Å². The fourth-order valence-electron chi connectivity index (χ4n) is 2.63. The zero-order valence-corrected chi connectivity index (χ0v) is 15.8. The Balaban J connectivity index is 1.89. The summed E-state index contributed by atoms with van der Waals surface area (Å²) >= 11 is 6.21. The monoisotopic (exact) mass is 397 g/mol. The second-order valence-corrected chi connectivity index (χ2v) is 6.54. The number of nitriles is 1. The number of aromatic nitrogens is 2. The molecule has 3 aromatic rings. The van der Waals surface area contributed by atoms with Crippen LogP contribution in [0.2, 0.25) is 5.02 Å². The molecule has 1 aromatic heterocycles. The van der Waals surface area contributed by atoms with Crippen LogP contribution in [0, 0.1) is 23.2 Å². The Hall–Kier alpha value is -3.28. The number of benzene rings is 2. The number of nitrogens with zero attached hydrogens (tertiary/aromatic N) is 4. The molecular formula is C19H16ClN5O3. The topological polar surface area (TPSA) is 124 Å². The normalized spacial score (nSPS) is 12.8. The quantitative estimate of drug-likeness (QED) is 0.586. The maximum Gasteiger partial charge on any atom is 0.247 e. The second kappa shape index (κ2) is 8.17. The lowest BCUT2D eigenvalue weighted by Gasteiger charge is -2.21. The van der Waals surface area contributed by atoms with Crippen molar-refractivity contribution in [2.75, 3.05) is 5.32 Å². The molecule has 28 heavy (non-hydrogen) atoms. The fourth-order valence-corrected chi connectivity index (χ4v) is 2.83. The second-order valence-electron chi connectivity index (χ2n) is 6.16. The first kappa shape index (κ1) is 19.5. The molecule has 0 saturated heterocycles. The molecule has 142 valence electrons. The number of rotatable bonds is 6. The third-order valence-electron chi connectivity index (χ3n) is 4.23. The van der Waals surface area contributed by atoms with E-state index < -0.39 is 12.1 Å². The minimum Gasteiger partial charge on any atom is -0.418 e. The van der Waals surface area contributed by atoms with Crippen LogP contribution in [-0.2, 0) is 0 Å². The van der Waals surface area contributed by atoms with Crippen LogP contribution in [0.4, 0.5) is 11.4 Å². The van der Waals surface area contributed by atoms with Crippen LogP contribution < -0.4 is 5.32 Å². The van der Waals surface area contributed by atoms with Crippen molar-refractivity contribution in [3.05, 3.63) is 63.3 Å². The van der Waals surface area contributed by atoms with E-state index in [0.717, 1.165) is 0 Å². The van der Waals surface area contributed by atoms with Crippen molar-refractivity contribution in [3.63, 3.8) is 0 Å². The minimum atomic E-state index is -0.858. The number of nitrogens with one attached hydrogen (secondary N) is 1. The van der Waals surface area contributed by atoms with E-state index in [1.54, 1.807) is 50.2 Å². The molecule has 0 unspecified atom stereocenters. The maximum atomic E-state index is 10.5. The van der Waals surface area contributed by atoms with Crippen molar-refractivity contribution in [1.29, 1.82) is 5.26 Å². The highest BCUT2D eigenvalue weighted by Crippen LogP contribution is 2.31. The Labute approximate surface area is 165 Å². The number of halogens is 1. The smallest absolute Gasteiger partial charge is 0.247 e. The average molecular weight is 398 g/mol. The number of hydrogen-bond acceptors (Lipinski definition) is 8. The number of nitroso groups, excluding NO2 is 1. The summed E-state index contributed by atoms with van der Waals surface area (Å²) in [5.41, 5.74) is 2.58. The standard InChI is InChI=1S/C19H16ClN5O3/c1-10-15(8-5-13(9-21)16(10)20)22-17(11(2)26)19-24-23-18(28-19)12-3-6-14(25-27)7-4-12/h3-8,11,17,22,26H,1-2H3/t11-,17+/m0/s1. The third-order valence-corrected chi connectivity index (χ3v) is 4.71. The van der Waals surface area contributed by atoms with Crippen LogP contribution in [0.1, 0.15) is 30.0 Å². The highest BCUT2D eigenvalue weighted by atomic mass is 35.5. The van der Waals surface area contributed by atoms with Gasteiger partial charge in [0, 0.05) is 11.3 Å². The molecule has 2 atom stereocenters. The van der Waals surface area contributed by atoms with Gasteiger partial charge in [0.25, 0.3) is 0 Å². The highest BCUT2D eigenvalue weighted by Gasteiger charge is 2.25. The van der Waals surface area contributed by atoms with E-state index in [0.29, 0.717) is 33.1 Å². The Morgan fingerprint density at radius 3 is 2.57 bits per heavy atom. The van der Waals surface area contributed by atoms with E-state index in [1.807, 2.05) is 6.07 Å². The van der Waals surface area contributed by atoms with Gasteiger partial charge in [0.1, 0.15) is 17.8 Å². The Kier molecular flexibility index (Phi) is 5.68. The van der Waals surface area contributed by atoms with Gasteiger partial charge in [-0.1, -0.05) is 11.6 Å². The van der Waals surface area contributed by atoms with Gasteiger partial charge in [0.15, 0.2) is 0 Å². The summed E-state index contributed by atoms with van der Waals surface area (Å²) in [5.74, 6) is 0.428. The summed E-state index contributed by atoms with van der Waals surface area (Å²) < 4.78 is 5.72. The molecule has 0 saturated carbocycles. The lowest BCUT2D eigenvalue weighted by Crippen LogP contribution is -2.23. The van der Waals surface area contributed by atoms with Gasteiger partial charge < -0.3 is 14.8 Å². The zero-order chi connectivity index (χ0) is 20.3. The zero-order valence-electron chi connectivity index (χ0n) is 15.0. The molecule has 0 aliphatic heterocycles. The van der Waals surface area contributed by atoms with Crippen molar-refractivity contribution in [3.8, 4) is 17.5 Å². The molecule has 1 heterocycles. The molecule has 0 aliphatic carbocycles. The van der Waals surface area contributed by atoms with Crippen LogP contribution in [0.3, 0.4) is 0 Å². The van der Waals surface area contributed by atoms with E-state index in [9.17, 15) is 10.0 Å². The Morgan fingerprint density at radius 1 is 1.25 bits per heavy atom. The van der Waals surface area contributed by atoms with E-state index in [2.05, 4.69) is 20.7 Å². The number of anilines is 1. The first-order valence-electron chi connectivity index (χ1n) is 8.35. The van der Waals surface area contributed by atoms with Crippen LogP contribution in [0.5, 0.6) is 0 Å². The third kappa shape index (κ3) is 3.86. The van der Waals surface area contributed by atoms with Crippen LogP contribution >= 0.6 is 11.6 Å². The fraction of sp³-hybridized carbons (Fsp3) is 0.211. The molecule has 0 fully saturated rings. The summed E-state index contributed by atoms with van der Waals surface area (Å²) in [6, 6.07) is 11.0. The van der Waals surface area contributed by atoms with Crippen LogP contribution in [0.25, 0.3) is 11.5 Å². The maximum absolute atomic E-state index is 10.5. The molecule has 2 aromatic carbocycles. The van der Waals surface area contributed by atoms with E-state index >= 15 is 0 Å². The molecule has 0 spiro atoms. The van der Waals surface area contributed by atoms with Gasteiger partial charge in [0.2, 0.25) is 11.8 Å². The van der Waals surface area contributed by atoms with Crippen molar-refractivity contribution in [2.24, 2.45) is 5.18 Å². The van der Waals surface area contributed by atoms with E-state index in [4.69, 9.17) is 21.3 Å². The van der Waals surface area contributed by atoms with Crippen molar-refractivity contribution in [2.45, 2.75) is 26.0 Å². The summed E-state index contributed by atoms with van der Waals surface area (Å²) in [7, 11) is 0. The van der Waals surface area contributed by atoms with Gasteiger partial charge in [-0.3, -0.25) is 0 Å².